The molecule has 0 aromatic carbocycles. The van der Waals surface area contributed by atoms with Crippen LogP contribution in [0.15, 0.2) is 0 Å². The molecule has 0 heterocycles. The Hall–Kier alpha value is 0.190. The molecule has 0 unspecified atom stereocenters. The molecule has 7 heteroatoms. The molecule has 0 rings (SSSR count). The monoisotopic (exact) mass is 328 g/mol. The molecule has 21 heavy (non-hydrogen) atoms. The first-order valence-corrected chi connectivity index (χ1v) is 10.0. The molecular weight excluding hydrogens is 295 g/mol. The predicted molar refractivity (Wildman–Crippen MR) is 85.1 cm³/mol. The van der Waals surface area contributed by atoms with Crippen molar-refractivity contribution in [1.82, 2.24) is 0 Å². The van der Waals surface area contributed by atoms with Crippen molar-refractivity contribution in [2.24, 2.45) is 0 Å². The summed E-state index contributed by atoms with van der Waals surface area (Å²) in [6.45, 7) is 7.26. The third kappa shape index (κ3) is 11.4. The minimum absolute atomic E-state index is 0.388. The second kappa shape index (κ2) is 11.7. The summed E-state index contributed by atoms with van der Waals surface area (Å²) in [5.74, 6) is -1.55. The van der Waals surface area contributed by atoms with Gasteiger partial charge in [0.25, 0.3) is 0 Å². The number of hydrogen-bond acceptors (Lipinski definition) is 6. The van der Waals surface area contributed by atoms with Crippen LogP contribution >= 0.6 is 7.94 Å². The molecule has 0 radical (unpaired) electrons. The van der Waals surface area contributed by atoms with Crippen molar-refractivity contribution in [2.75, 3.05) is 26.0 Å². The maximum atomic E-state index is 9.43. The maximum absolute atomic E-state index is 9.43. The molecule has 0 aromatic rings. The fourth-order valence-electron chi connectivity index (χ4n) is 1.68. The van der Waals surface area contributed by atoms with Crippen LogP contribution in [0.1, 0.15) is 59.3 Å². The molecule has 0 saturated heterocycles. The fraction of sp³-hybridized carbons (Fsp3) is 1.00. The van der Waals surface area contributed by atoms with Crippen molar-refractivity contribution in [2.45, 2.75) is 65.3 Å². The Morgan fingerprint density at radius 2 is 1.05 bits per heavy atom. The Morgan fingerprint density at radius 1 is 0.714 bits per heavy atom. The van der Waals surface area contributed by atoms with E-state index in [0.29, 0.717) is 19.8 Å². The normalized spacial score (nSPS) is 13.6. The Labute approximate surface area is 129 Å². The van der Waals surface area contributed by atoms with E-state index >= 15 is 0 Å². The first-order chi connectivity index (χ1) is 9.89. The van der Waals surface area contributed by atoms with Crippen LogP contribution in [0.25, 0.3) is 0 Å². The SMILES string of the molecule is CCCCOC(C[PH](O)(O)O)(OCCCC)OCCCC. The van der Waals surface area contributed by atoms with Gasteiger partial charge in [0.05, 0.1) is 0 Å². The van der Waals surface area contributed by atoms with Gasteiger partial charge < -0.3 is 0 Å². The van der Waals surface area contributed by atoms with Crippen molar-refractivity contribution in [3.8, 4) is 0 Å². The van der Waals surface area contributed by atoms with Gasteiger partial charge in [0.15, 0.2) is 0 Å². The van der Waals surface area contributed by atoms with Gasteiger partial charge in [0, 0.05) is 0 Å². The summed E-state index contributed by atoms with van der Waals surface area (Å²) in [6, 6.07) is 0. The van der Waals surface area contributed by atoms with Gasteiger partial charge >= 0.3 is 128 Å². The van der Waals surface area contributed by atoms with Crippen LogP contribution < -0.4 is 0 Å². The third-order valence-electron chi connectivity index (χ3n) is 2.91. The van der Waals surface area contributed by atoms with E-state index < -0.39 is 20.1 Å². The Morgan fingerprint density at radius 3 is 1.29 bits per heavy atom. The predicted octanol–water partition coefficient (Wildman–Crippen LogP) is 2.56. The van der Waals surface area contributed by atoms with E-state index in [0.717, 1.165) is 38.5 Å². The number of rotatable bonds is 14. The van der Waals surface area contributed by atoms with Crippen molar-refractivity contribution in [1.29, 1.82) is 0 Å². The summed E-state index contributed by atoms with van der Waals surface area (Å²) in [5, 5.41) is 0. The standard InChI is InChI=1S/C14H33O6P/c1-4-7-10-18-14(13-21(15,16)17,19-11-8-5-2)20-12-9-6-3/h15-17,21H,4-13H2,1-3H3. The third-order valence-corrected chi connectivity index (χ3v) is 3.82. The first kappa shape index (κ1) is 21.2. The second-order valence-corrected chi connectivity index (χ2v) is 7.14. The van der Waals surface area contributed by atoms with Gasteiger partial charge in [-0.3, -0.25) is 0 Å². The molecule has 0 saturated carbocycles. The quantitative estimate of drug-likeness (QED) is 0.258. The molecule has 0 aliphatic carbocycles. The van der Waals surface area contributed by atoms with E-state index in [9.17, 15) is 14.7 Å². The van der Waals surface area contributed by atoms with Gasteiger partial charge in [0.1, 0.15) is 0 Å². The minimum atomic E-state index is -4.35. The van der Waals surface area contributed by atoms with Crippen LogP contribution in [0.3, 0.4) is 0 Å². The molecular formula is C14H33O6P. The average Bonchev–Trinajstić information content (AvgIpc) is 2.38. The molecule has 6 nitrogen and oxygen atoms in total. The van der Waals surface area contributed by atoms with Crippen LogP contribution in [-0.4, -0.2) is 46.6 Å². The van der Waals surface area contributed by atoms with E-state index in [1.165, 1.54) is 0 Å². The molecule has 0 amide bonds. The van der Waals surface area contributed by atoms with Crippen molar-refractivity contribution < 1.29 is 28.9 Å². The van der Waals surface area contributed by atoms with E-state index in [2.05, 4.69) is 0 Å². The second-order valence-electron chi connectivity index (χ2n) is 5.24. The number of ether oxygens (including phenoxy) is 3. The molecule has 0 fully saturated rings. The summed E-state index contributed by atoms with van der Waals surface area (Å²) in [4.78, 5) is 28.3. The Balaban J connectivity index is 4.78. The average molecular weight is 328 g/mol. The summed E-state index contributed by atoms with van der Waals surface area (Å²) >= 11 is 0. The van der Waals surface area contributed by atoms with Crippen molar-refractivity contribution in [3.05, 3.63) is 0 Å². The van der Waals surface area contributed by atoms with Crippen LogP contribution in [0, 0.1) is 0 Å². The zero-order valence-corrected chi connectivity index (χ0v) is 14.6. The summed E-state index contributed by atoms with van der Waals surface area (Å²) in [7, 11) is -4.35. The summed E-state index contributed by atoms with van der Waals surface area (Å²) in [5.41, 5.74) is 0. The van der Waals surface area contributed by atoms with Gasteiger partial charge in [-0.15, -0.1) is 0 Å². The zero-order valence-electron chi connectivity index (χ0n) is 13.6. The van der Waals surface area contributed by atoms with Crippen LogP contribution in [-0.2, 0) is 14.2 Å². The topological polar surface area (TPSA) is 88.4 Å². The molecule has 0 aromatic heterocycles. The number of unbranched alkanes of at least 4 members (excludes halogenated alkanes) is 3. The van der Waals surface area contributed by atoms with E-state index in [-0.39, 0.29) is 0 Å². The van der Waals surface area contributed by atoms with Gasteiger partial charge in [0.2, 0.25) is 0 Å². The Bertz CT molecular complexity index is 218. The van der Waals surface area contributed by atoms with E-state index in [1.807, 2.05) is 20.8 Å². The molecule has 0 aliphatic heterocycles. The molecule has 0 aliphatic rings. The summed E-state index contributed by atoms with van der Waals surface area (Å²) < 4.78 is 16.9. The van der Waals surface area contributed by atoms with Crippen molar-refractivity contribution >= 4 is 7.94 Å². The van der Waals surface area contributed by atoms with E-state index in [4.69, 9.17) is 14.2 Å². The zero-order chi connectivity index (χ0) is 16.2. The molecule has 130 valence electrons. The van der Waals surface area contributed by atoms with Crippen molar-refractivity contribution in [3.63, 3.8) is 0 Å². The van der Waals surface area contributed by atoms with Gasteiger partial charge in [-0.25, -0.2) is 0 Å². The first-order valence-electron chi connectivity index (χ1n) is 7.98. The molecule has 0 spiro atoms. The Kier molecular flexibility index (Phi) is 11.8. The van der Waals surface area contributed by atoms with E-state index in [1.54, 1.807) is 0 Å². The van der Waals surface area contributed by atoms with Crippen LogP contribution in [0.4, 0.5) is 0 Å². The molecule has 3 N–H and O–H groups in total. The van der Waals surface area contributed by atoms with Gasteiger partial charge in [-0.1, -0.05) is 0 Å². The van der Waals surface area contributed by atoms with Gasteiger partial charge in [-0.2, -0.15) is 0 Å². The number of hydrogen-bond donors (Lipinski definition) is 3. The molecule has 0 atom stereocenters. The summed E-state index contributed by atoms with van der Waals surface area (Å²) in [6.07, 6.45) is 4.84. The van der Waals surface area contributed by atoms with Crippen LogP contribution in [0.5, 0.6) is 0 Å². The van der Waals surface area contributed by atoms with Gasteiger partial charge in [-0.05, 0) is 0 Å². The fourth-order valence-corrected chi connectivity index (χ4v) is 2.57. The molecule has 0 bridgehead atoms. The van der Waals surface area contributed by atoms with Crippen LogP contribution in [0.2, 0.25) is 0 Å².